The summed E-state index contributed by atoms with van der Waals surface area (Å²) in [7, 11) is 0. The van der Waals surface area contributed by atoms with Crippen LogP contribution in [-0.4, -0.2) is 17.0 Å². The minimum Gasteiger partial charge on any atom is -0.273 e. The molecule has 0 aliphatic carbocycles. The lowest BCUT2D eigenvalue weighted by molar-refractivity contribution is -0.385. The summed E-state index contributed by atoms with van der Waals surface area (Å²) in [5, 5.41) is 14.8. The van der Waals surface area contributed by atoms with Crippen LogP contribution in [0.2, 0.25) is 0 Å². The van der Waals surface area contributed by atoms with Crippen molar-refractivity contribution in [2.24, 2.45) is 5.10 Å². The number of hydrazone groups is 1. The first-order valence-corrected chi connectivity index (χ1v) is 7.23. The van der Waals surface area contributed by atoms with Gasteiger partial charge in [-0.2, -0.15) is 5.10 Å². The van der Waals surface area contributed by atoms with Crippen molar-refractivity contribution in [3.05, 3.63) is 75.3 Å². The maximum Gasteiger partial charge on any atom is 0.273 e. The van der Waals surface area contributed by atoms with E-state index in [0.717, 1.165) is 12.0 Å². The number of carbonyl (C=O) groups excluding carboxylic acids is 1. The zero-order valence-electron chi connectivity index (χ0n) is 12.7. The molecule has 1 amide bonds. The smallest absolute Gasteiger partial charge is 0.273 e. The summed E-state index contributed by atoms with van der Waals surface area (Å²) in [6, 6.07) is 14.0. The Morgan fingerprint density at radius 2 is 1.91 bits per heavy atom. The first kappa shape index (κ1) is 16.4. The number of amides is 1. The largest absolute Gasteiger partial charge is 0.273 e. The SMILES string of the molecule is CCc1ccc(C=NNC(=O)Cc2ccccc2[N+](=O)[O-])cc1. The maximum absolute atomic E-state index is 11.8. The van der Waals surface area contributed by atoms with Crippen LogP contribution in [0.5, 0.6) is 0 Å². The van der Waals surface area contributed by atoms with Crippen LogP contribution in [0.3, 0.4) is 0 Å². The lowest BCUT2D eigenvalue weighted by Gasteiger charge is -2.02. The average molecular weight is 311 g/mol. The molecule has 0 fully saturated rings. The highest BCUT2D eigenvalue weighted by atomic mass is 16.6. The van der Waals surface area contributed by atoms with E-state index in [2.05, 4.69) is 17.5 Å². The molecule has 0 aromatic heterocycles. The predicted octanol–water partition coefficient (Wildman–Crippen LogP) is 2.85. The fourth-order valence-electron chi connectivity index (χ4n) is 2.07. The second-order valence-corrected chi connectivity index (χ2v) is 4.95. The van der Waals surface area contributed by atoms with Crippen molar-refractivity contribution in [1.82, 2.24) is 5.43 Å². The molecular weight excluding hydrogens is 294 g/mol. The predicted molar refractivity (Wildman–Crippen MR) is 88.4 cm³/mol. The Labute approximate surface area is 134 Å². The molecule has 6 heteroatoms. The van der Waals surface area contributed by atoms with Gasteiger partial charge in [0.25, 0.3) is 5.69 Å². The molecule has 1 N–H and O–H groups in total. The standard InChI is InChI=1S/C17H17N3O3/c1-2-13-7-9-14(10-8-13)12-18-19-17(21)11-15-5-3-4-6-16(15)20(22)23/h3-10,12H,2,11H2,1H3,(H,19,21). The molecule has 0 saturated carbocycles. The monoisotopic (exact) mass is 311 g/mol. The van der Waals surface area contributed by atoms with Crippen molar-refractivity contribution < 1.29 is 9.72 Å². The first-order chi connectivity index (χ1) is 11.1. The lowest BCUT2D eigenvalue weighted by Crippen LogP contribution is -2.20. The minimum atomic E-state index is -0.499. The van der Waals surface area contributed by atoms with Gasteiger partial charge in [-0.25, -0.2) is 5.43 Å². The van der Waals surface area contributed by atoms with Crippen LogP contribution in [0.15, 0.2) is 53.6 Å². The van der Waals surface area contributed by atoms with E-state index >= 15 is 0 Å². The van der Waals surface area contributed by atoms with Gasteiger partial charge in [0.2, 0.25) is 5.91 Å². The summed E-state index contributed by atoms with van der Waals surface area (Å²) >= 11 is 0. The summed E-state index contributed by atoms with van der Waals surface area (Å²) < 4.78 is 0. The van der Waals surface area contributed by atoms with Crippen LogP contribution < -0.4 is 5.43 Å². The molecule has 2 aromatic carbocycles. The number of nitro benzene ring substituents is 1. The molecule has 0 saturated heterocycles. The quantitative estimate of drug-likeness (QED) is 0.506. The van der Waals surface area contributed by atoms with E-state index in [4.69, 9.17) is 0 Å². The van der Waals surface area contributed by atoms with Crippen molar-refractivity contribution in [3.63, 3.8) is 0 Å². The summed E-state index contributed by atoms with van der Waals surface area (Å²) in [6.07, 6.45) is 2.41. The maximum atomic E-state index is 11.8. The van der Waals surface area contributed by atoms with E-state index in [1.807, 2.05) is 24.3 Å². The molecule has 0 atom stereocenters. The van der Waals surface area contributed by atoms with Gasteiger partial charge in [0, 0.05) is 11.6 Å². The van der Waals surface area contributed by atoms with E-state index in [9.17, 15) is 14.9 Å². The number of benzene rings is 2. The third-order valence-electron chi connectivity index (χ3n) is 3.33. The number of nitrogens with one attached hydrogen (secondary N) is 1. The zero-order chi connectivity index (χ0) is 16.7. The fraction of sp³-hybridized carbons (Fsp3) is 0.176. The second kappa shape index (κ2) is 7.84. The van der Waals surface area contributed by atoms with E-state index in [0.29, 0.717) is 5.56 Å². The summed E-state index contributed by atoms with van der Waals surface area (Å²) in [5.74, 6) is -0.402. The number of aryl methyl sites for hydroxylation is 1. The van der Waals surface area contributed by atoms with Gasteiger partial charge in [-0.1, -0.05) is 49.4 Å². The first-order valence-electron chi connectivity index (χ1n) is 7.23. The van der Waals surface area contributed by atoms with Gasteiger partial charge < -0.3 is 0 Å². The Hall–Kier alpha value is -3.02. The minimum absolute atomic E-state index is 0.0678. The fourth-order valence-corrected chi connectivity index (χ4v) is 2.07. The van der Waals surface area contributed by atoms with Crippen LogP contribution in [0.1, 0.15) is 23.6 Å². The highest BCUT2D eigenvalue weighted by Crippen LogP contribution is 2.17. The molecule has 2 rings (SSSR count). The molecule has 0 radical (unpaired) electrons. The topological polar surface area (TPSA) is 84.6 Å². The van der Waals surface area contributed by atoms with E-state index in [1.165, 1.54) is 17.8 Å². The van der Waals surface area contributed by atoms with Crippen molar-refractivity contribution in [1.29, 1.82) is 0 Å². The van der Waals surface area contributed by atoms with Crippen LogP contribution in [0.4, 0.5) is 5.69 Å². The number of para-hydroxylation sites is 1. The van der Waals surface area contributed by atoms with Crippen LogP contribution in [0.25, 0.3) is 0 Å². The summed E-state index contributed by atoms with van der Waals surface area (Å²) in [5.41, 5.74) is 4.77. The van der Waals surface area contributed by atoms with Crippen LogP contribution in [0, 0.1) is 10.1 Å². The Kier molecular flexibility index (Phi) is 5.57. The highest BCUT2D eigenvalue weighted by molar-refractivity contribution is 5.83. The molecule has 23 heavy (non-hydrogen) atoms. The molecule has 2 aromatic rings. The molecular formula is C17H17N3O3. The van der Waals surface area contributed by atoms with E-state index in [1.54, 1.807) is 18.2 Å². The van der Waals surface area contributed by atoms with E-state index < -0.39 is 10.8 Å². The van der Waals surface area contributed by atoms with Crippen molar-refractivity contribution in [3.8, 4) is 0 Å². The Balaban J connectivity index is 1.94. The number of hydrogen-bond acceptors (Lipinski definition) is 4. The number of hydrogen-bond donors (Lipinski definition) is 1. The number of nitrogens with zero attached hydrogens (tertiary/aromatic N) is 2. The molecule has 0 spiro atoms. The average Bonchev–Trinajstić information content (AvgIpc) is 2.56. The van der Waals surface area contributed by atoms with Gasteiger partial charge in [0.1, 0.15) is 0 Å². The molecule has 0 aliphatic heterocycles. The van der Waals surface area contributed by atoms with Gasteiger partial charge in [0.15, 0.2) is 0 Å². The number of nitro groups is 1. The third-order valence-corrected chi connectivity index (χ3v) is 3.33. The van der Waals surface area contributed by atoms with Gasteiger partial charge in [0.05, 0.1) is 17.6 Å². The molecule has 6 nitrogen and oxygen atoms in total. The van der Waals surface area contributed by atoms with Crippen LogP contribution in [-0.2, 0) is 17.6 Å². The molecule has 0 aliphatic rings. The molecule has 118 valence electrons. The Bertz CT molecular complexity index is 724. The van der Waals surface area contributed by atoms with Crippen molar-refractivity contribution in [2.45, 2.75) is 19.8 Å². The highest BCUT2D eigenvalue weighted by Gasteiger charge is 2.14. The third kappa shape index (κ3) is 4.74. The lowest BCUT2D eigenvalue weighted by atomic mass is 10.1. The second-order valence-electron chi connectivity index (χ2n) is 4.95. The number of carbonyl (C=O) groups is 1. The normalized spacial score (nSPS) is 10.7. The summed E-state index contributed by atoms with van der Waals surface area (Å²) in [4.78, 5) is 22.2. The van der Waals surface area contributed by atoms with Gasteiger partial charge in [-0.05, 0) is 17.5 Å². The van der Waals surface area contributed by atoms with Gasteiger partial charge in [-0.3, -0.25) is 14.9 Å². The molecule has 0 heterocycles. The Morgan fingerprint density at radius 1 is 1.22 bits per heavy atom. The zero-order valence-corrected chi connectivity index (χ0v) is 12.7. The van der Waals surface area contributed by atoms with Gasteiger partial charge in [-0.15, -0.1) is 0 Å². The molecule has 0 unspecified atom stereocenters. The molecule has 0 bridgehead atoms. The van der Waals surface area contributed by atoms with Crippen LogP contribution >= 0.6 is 0 Å². The Morgan fingerprint density at radius 3 is 2.57 bits per heavy atom. The number of rotatable bonds is 6. The van der Waals surface area contributed by atoms with Crippen molar-refractivity contribution >= 4 is 17.8 Å². The van der Waals surface area contributed by atoms with Crippen molar-refractivity contribution in [2.75, 3.05) is 0 Å². The summed E-state index contributed by atoms with van der Waals surface area (Å²) in [6.45, 7) is 2.08. The van der Waals surface area contributed by atoms with Gasteiger partial charge >= 0.3 is 0 Å². The van der Waals surface area contributed by atoms with E-state index in [-0.39, 0.29) is 12.1 Å².